The van der Waals surface area contributed by atoms with Crippen LogP contribution in [0.1, 0.15) is 34.6 Å². The van der Waals surface area contributed by atoms with E-state index in [4.69, 9.17) is 4.74 Å². The number of ether oxygens (including phenoxy) is 1. The Hall–Kier alpha value is -3.00. The topological polar surface area (TPSA) is 90.3 Å². The summed E-state index contributed by atoms with van der Waals surface area (Å²) in [5, 5.41) is 3.19. The summed E-state index contributed by atoms with van der Waals surface area (Å²) in [4.78, 5) is 42.4. The van der Waals surface area contributed by atoms with Gasteiger partial charge in [0.15, 0.2) is 0 Å². The monoisotopic (exact) mass is 399 g/mol. The summed E-state index contributed by atoms with van der Waals surface area (Å²) >= 11 is 1.12. The number of aryl methyl sites for hydroxylation is 2. The van der Waals surface area contributed by atoms with Crippen molar-refractivity contribution < 1.29 is 14.3 Å². The highest BCUT2D eigenvalue weighted by molar-refractivity contribution is 7.20. The first kappa shape index (κ1) is 19.8. The molecule has 2 heterocycles. The van der Waals surface area contributed by atoms with E-state index in [0.717, 1.165) is 29.0 Å². The summed E-state index contributed by atoms with van der Waals surface area (Å²) in [5.41, 5.74) is 1.92. The van der Waals surface area contributed by atoms with E-state index in [2.05, 4.69) is 10.3 Å². The predicted molar refractivity (Wildman–Crippen MR) is 109 cm³/mol. The first-order chi connectivity index (χ1) is 13.5. The van der Waals surface area contributed by atoms with Crippen molar-refractivity contribution in [2.75, 3.05) is 11.9 Å². The highest BCUT2D eigenvalue weighted by Crippen LogP contribution is 2.27. The molecule has 0 radical (unpaired) electrons. The molecule has 7 nitrogen and oxygen atoms in total. The molecule has 0 saturated heterocycles. The number of hydrogen-bond acceptors (Lipinski definition) is 6. The van der Waals surface area contributed by atoms with E-state index in [1.165, 1.54) is 10.9 Å². The average Bonchev–Trinajstić information content (AvgIpc) is 3.02. The molecule has 0 saturated carbocycles. The molecule has 0 fully saturated rings. The van der Waals surface area contributed by atoms with Gasteiger partial charge in [-0.3, -0.25) is 14.2 Å². The van der Waals surface area contributed by atoms with E-state index in [0.29, 0.717) is 20.7 Å². The average molecular weight is 399 g/mol. The highest BCUT2D eigenvalue weighted by Gasteiger charge is 2.20. The lowest BCUT2D eigenvalue weighted by Crippen LogP contribution is -2.28. The SMILES string of the molecule is CCOC(=O)c1sc2ncn(CC(=O)Nc3ccccc3CC)c(=O)c2c1C. The molecule has 0 aliphatic rings. The van der Waals surface area contributed by atoms with Gasteiger partial charge in [0, 0.05) is 5.69 Å². The van der Waals surface area contributed by atoms with Crippen LogP contribution in [0.5, 0.6) is 0 Å². The maximum atomic E-state index is 12.9. The summed E-state index contributed by atoms with van der Waals surface area (Å²) in [6, 6.07) is 7.54. The summed E-state index contributed by atoms with van der Waals surface area (Å²) in [5.74, 6) is -0.787. The normalized spacial score (nSPS) is 10.8. The number of hydrogen-bond donors (Lipinski definition) is 1. The molecule has 0 spiro atoms. The maximum absolute atomic E-state index is 12.9. The summed E-state index contributed by atoms with van der Waals surface area (Å²) in [6.07, 6.45) is 2.12. The van der Waals surface area contributed by atoms with Crippen molar-refractivity contribution in [1.29, 1.82) is 0 Å². The lowest BCUT2D eigenvalue weighted by atomic mass is 10.1. The van der Waals surface area contributed by atoms with Gasteiger partial charge in [-0.05, 0) is 37.5 Å². The van der Waals surface area contributed by atoms with E-state index in [1.54, 1.807) is 13.8 Å². The summed E-state index contributed by atoms with van der Waals surface area (Å²) in [6.45, 7) is 5.51. The van der Waals surface area contributed by atoms with Crippen molar-refractivity contribution in [2.24, 2.45) is 0 Å². The molecule has 1 N–H and O–H groups in total. The Kier molecular flexibility index (Phi) is 5.89. The number of para-hydroxylation sites is 1. The number of amides is 1. The fraction of sp³-hybridized carbons (Fsp3) is 0.300. The van der Waals surface area contributed by atoms with Gasteiger partial charge in [0.25, 0.3) is 5.56 Å². The lowest BCUT2D eigenvalue weighted by molar-refractivity contribution is -0.116. The van der Waals surface area contributed by atoms with Crippen LogP contribution in [0.2, 0.25) is 0 Å². The molecular weight excluding hydrogens is 378 g/mol. The van der Waals surface area contributed by atoms with E-state index in [1.807, 2.05) is 31.2 Å². The summed E-state index contributed by atoms with van der Waals surface area (Å²) < 4.78 is 6.28. The van der Waals surface area contributed by atoms with Gasteiger partial charge in [0.1, 0.15) is 16.3 Å². The highest BCUT2D eigenvalue weighted by atomic mass is 32.1. The minimum Gasteiger partial charge on any atom is -0.462 e. The third-order valence-electron chi connectivity index (χ3n) is 4.36. The Morgan fingerprint density at radius 2 is 2.00 bits per heavy atom. The third-order valence-corrected chi connectivity index (χ3v) is 5.54. The number of nitrogens with zero attached hydrogens (tertiary/aromatic N) is 2. The minimum absolute atomic E-state index is 0.163. The fourth-order valence-electron chi connectivity index (χ4n) is 2.96. The molecule has 8 heteroatoms. The molecule has 0 bridgehead atoms. The van der Waals surface area contributed by atoms with Gasteiger partial charge in [-0.2, -0.15) is 0 Å². The number of benzene rings is 1. The second-order valence-corrected chi connectivity index (χ2v) is 7.19. The molecule has 2 aromatic heterocycles. The molecule has 28 heavy (non-hydrogen) atoms. The molecule has 3 rings (SSSR count). The zero-order valence-corrected chi connectivity index (χ0v) is 16.8. The third kappa shape index (κ3) is 3.82. The van der Waals surface area contributed by atoms with Crippen LogP contribution < -0.4 is 10.9 Å². The number of thiophene rings is 1. The molecule has 0 unspecified atom stereocenters. The molecule has 0 atom stereocenters. The van der Waals surface area contributed by atoms with Gasteiger partial charge in [-0.15, -0.1) is 11.3 Å². The first-order valence-corrected chi connectivity index (χ1v) is 9.81. The van der Waals surface area contributed by atoms with Gasteiger partial charge in [0.05, 0.1) is 18.3 Å². The maximum Gasteiger partial charge on any atom is 0.348 e. The van der Waals surface area contributed by atoms with Gasteiger partial charge in [-0.1, -0.05) is 25.1 Å². The quantitative estimate of drug-likeness (QED) is 0.643. The van der Waals surface area contributed by atoms with E-state index < -0.39 is 5.97 Å². The number of carbonyl (C=O) groups is 2. The standard InChI is InChI=1S/C20H21N3O4S/c1-4-13-8-6-7-9-14(13)22-15(24)10-23-11-21-18-16(19(23)25)12(3)17(28-18)20(26)27-5-2/h6-9,11H,4-5,10H2,1-3H3,(H,22,24). The largest absolute Gasteiger partial charge is 0.462 e. The van der Waals surface area contributed by atoms with Gasteiger partial charge in [-0.25, -0.2) is 9.78 Å². The Bertz CT molecular complexity index is 1100. The second-order valence-electron chi connectivity index (χ2n) is 6.19. The predicted octanol–water partition coefficient (Wildman–Crippen LogP) is 3.14. The van der Waals surface area contributed by atoms with Crippen molar-refractivity contribution in [3.63, 3.8) is 0 Å². The van der Waals surface area contributed by atoms with Gasteiger partial charge >= 0.3 is 5.97 Å². The van der Waals surface area contributed by atoms with Crippen LogP contribution in [-0.2, 0) is 22.5 Å². The van der Waals surface area contributed by atoms with Crippen molar-refractivity contribution in [3.8, 4) is 0 Å². The second kappa shape index (κ2) is 8.35. The van der Waals surface area contributed by atoms with Gasteiger partial charge < -0.3 is 10.1 Å². The zero-order chi connectivity index (χ0) is 20.3. The van der Waals surface area contributed by atoms with Crippen LogP contribution in [0.25, 0.3) is 10.2 Å². The number of nitrogens with one attached hydrogen (secondary N) is 1. The zero-order valence-electron chi connectivity index (χ0n) is 15.9. The van der Waals surface area contributed by atoms with Crippen molar-refractivity contribution >= 4 is 39.1 Å². The molecule has 3 aromatic rings. The molecule has 1 aromatic carbocycles. The lowest BCUT2D eigenvalue weighted by Gasteiger charge is -2.10. The van der Waals surface area contributed by atoms with E-state index in [-0.39, 0.29) is 24.6 Å². The molecule has 0 aliphatic heterocycles. The summed E-state index contributed by atoms with van der Waals surface area (Å²) in [7, 11) is 0. The van der Waals surface area contributed by atoms with Crippen LogP contribution in [-0.4, -0.2) is 28.0 Å². The Morgan fingerprint density at radius 3 is 2.71 bits per heavy atom. The van der Waals surface area contributed by atoms with Crippen LogP contribution in [0.15, 0.2) is 35.4 Å². The van der Waals surface area contributed by atoms with Crippen LogP contribution in [0, 0.1) is 6.92 Å². The Labute approximate surface area is 166 Å². The van der Waals surface area contributed by atoms with Crippen molar-refractivity contribution in [2.45, 2.75) is 33.7 Å². The van der Waals surface area contributed by atoms with Crippen LogP contribution >= 0.6 is 11.3 Å². The van der Waals surface area contributed by atoms with Gasteiger partial charge in [0.2, 0.25) is 5.91 Å². The number of carbonyl (C=O) groups excluding carboxylic acids is 2. The number of rotatable bonds is 6. The number of aromatic nitrogens is 2. The number of esters is 1. The number of anilines is 1. The molecular formula is C20H21N3O4S. The van der Waals surface area contributed by atoms with Crippen LogP contribution in [0.3, 0.4) is 0 Å². The minimum atomic E-state index is -0.470. The smallest absolute Gasteiger partial charge is 0.348 e. The van der Waals surface area contributed by atoms with Crippen LogP contribution in [0.4, 0.5) is 5.69 Å². The van der Waals surface area contributed by atoms with E-state index >= 15 is 0 Å². The Balaban J connectivity index is 1.88. The van der Waals surface area contributed by atoms with E-state index in [9.17, 15) is 14.4 Å². The molecule has 0 aliphatic carbocycles. The Morgan fingerprint density at radius 1 is 1.25 bits per heavy atom. The van der Waals surface area contributed by atoms with Crippen molar-refractivity contribution in [3.05, 3.63) is 57.0 Å². The number of fused-ring (bicyclic) bond motifs is 1. The van der Waals surface area contributed by atoms with Crippen molar-refractivity contribution in [1.82, 2.24) is 9.55 Å². The molecule has 146 valence electrons. The molecule has 1 amide bonds. The fourth-order valence-corrected chi connectivity index (χ4v) is 3.99. The first-order valence-electron chi connectivity index (χ1n) is 8.99.